The molecule has 1 fully saturated rings. The summed E-state index contributed by atoms with van der Waals surface area (Å²) < 4.78 is 0. The molecule has 1 unspecified atom stereocenters. The molecule has 0 aliphatic heterocycles. The number of amides is 1. The van der Waals surface area contributed by atoms with Crippen molar-refractivity contribution in [1.82, 2.24) is 5.32 Å². The SMILES string of the molecule is CCC1(C(=O)NCC(Cc2cccc(C)c2)C(=O)O)CCC1. The van der Waals surface area contributed by atoms with E-state index in [2.05, 4.69) is 5.32 Å². The van der Waals surface area contributed by atoms with Crippen molar-refractivity contribution in [2.24, 2.45) is 11.3 Å². The Hall–Kier alpha value is -1.84. The van der Waals surface area contributed by atoms with E-state index in [0.717, 1.165) is 36.8 Å². The number of rotatable bonds is 7. The summed E-state index contributed by atoms with van der Waals surface area (Å²) in [5.74, 6) is -1.42. The van der Waals surface area contributed by atoms with Crippen LogP contribution in [0.15, 0.2) is 24.3 Å². The Bertz CT molecular complexity index is 544. The van der Waals surface area contributed by atoms with Gasteiger partial charge in [-0.15, -0.1) is 0 Å². The molecule has 1 aromatic rings. The third kappa shape index (κ3) is 3.67. The lowest BCUT2D eigenvalue weighted by molar-refractivity contribution is -0.142. The van der Waals surface area contributed by atoms with Crippen molar-refractivity contribution < 1.29 is 14.7 Å². The number of hydrogen-bond donors (Lipinski definition) is 2. The zero-order chi connectivity index (χ0) is 16.2. The highest BCUT2D eigenvalue weighted by Gasteiger charge is 2.42. The van der Waals surface area contributed by atoms with E-state index in [0.29, 0.717) is 6.42 Å². The zero-order valence-corrected chi connectivity index (χ0v) is 13.4. The predicted molar refractivity (Wildman–Crippen MR) is 85.6 cm³/mol. The van der Waals surface area contributed by atoms with Gasteiger partial charge in [-0.2, -0.15) is 0 Å². The number of carboxylic acid groups (broad SMARTS) is 1. The fourth-order valence-corrected chi connectivity index (χ4v) is 3.12. The summed E-state index contributed by atoms with van der Waals surface area (Å²) in [6.45, 7) is 4.21. The van der Waals surface area contributed by atoms with Gasteiger partial charge in [0.1, 0.15) is 0 Å². The normalized spacial score (nSPS) is 17.4. The van der Waals surface area contributed by atoms with Crippen molar-refractivity contribution in [3.63, 3.8) is 0 Å². The number of nitrogens with one attached hydrogen (secondary N) is 1. The van der Waals surface area contributed by atoms with Crippen LogP contribution in [0.2, 0.25) is 0 Å². The molecule has 1 aliphatic carbocycles. The molecule has 1 aliphatic rings. The minimum absolute atomic E-state index is 0.0248. The molecule has 0 saturated heterocycles. The Labute approximate surface area is 131 Å². The molecule has 2 N–H and O–H groups in total. The number of carbonyl (C=O) groups excluding carboxylic acids is 1. The number of hydrogen-bond acceptors (Lipinski definition) is 2. The lowest BCUT2D eigenvalue weighted by atomic mass is 9.66. The van der Waals surface area contributed by atoms with Crippen LogP contribution in [0.1, 0.15) is 43.7 Å². The lowest BCUT2D eigenvalue weighted by Gasteiger charge is -2.39. The molecule has 0 heterocycles. The van der Waals surface area contributed by atoms with E-state index in [9.17, 15) is 14.7 Å². The first-order valence-corrected chi connectivity index (χ1v) is 8.03. The van der Waals surface area contributed by atoms with E-state index in [4.69, 9.17) is 0 Å². The van der Waals surface area contributed by atoms with Crippen LogP contribution < -0.4 is 5.32 Å². The quantitative estimate of drug-likeness (QED) is 0.814. The van der Waals surface area contributed by atoms with Crippen LogP contribution >= 0.6 is 0 Å². The van der Waals surface area contributed by atoms with Gasteiger partial charge >= 0.3 is 5.97 Å². The first-order valence-electron chi connectivity index (χ1n) is 8.03. The van der Waals surface area contributed by atoms with E-state index < -0.39 is 11.9 Å². The Kier molecular flexibility index (Phi) is 5.22. The van der Waals surface area contributed by atoms with Crippen molar-refractivity contribution >= 4 is 11.9 Å². The largest absolute Gasteiger partial charge is 0.481 e. The van der Waals surface area contributed by atoms with Gasteiger partial charge in [0.25, 0.3) is 0 Å². The van der Waals surface area contributed by atoms with E-state index in [1.165, 1.54) is 0 Å². The van der Waals surface area contributed by atoms with Gasteiger partial charge in [0.15, 0.2) is 0 Å². The molecule has 4 nitrogen and oxygen atoms in total. The van der Waals surface area contributed by atoms with Crippen molar-refractivity contribution in [2.45, 2.75) is 46.0 Å². The summed E-state index contributed by atoms with van der Waals surface area (Å²) in [6.07, 6.45) is 4.20. The molecule has 0 bridgehead atoms. The highest BCUT2D eigenvalue weighted by molar-refractivity contribution is 5.84. The predicted octanol–water partition coefficient (Wildman–Crippen LogP) is 2.93. The maximum Gasteiger partial charge on any atom is 0.308 e. The summed E-state index contributed by atoms with van der Waals surface area (Å²) in [4.78, 5) is 23.8. The van der Waals surface area contributed by atoms with Crippen LogP contribution in [0.5, 0.6) is 0 Å². The second kappa shape index (κ2) is 6.95. The van der Waals surface area contributed by atoms with Crippen LogP contribution in [-0.4, -0.2) is 23.5 Å². The van der Waals surface area contributed by atoms with E-state index in [1.54, 1.807) is 0 Å². The molecular weight excluding hydrogens is 278 g/mol. The first kappa shape index (κ1) is 16.5. The van der Waals surface area contributed by atoms with Crippen LogP contribution in [-0.2, 0) is 16.0 Å². The number of carbonyl (C=O) groups is 2. The van der Waals surface area contributed by atoms with E-state index >= 15 is 0 Å². The molecule has 22 heavy (non-hydrogen) atoms. The second-order valence-electron chi connectivity index (χ2n) is 6.43. The summed E-state index contributed by atoms with van der Waals surface area (Å²) in [7, 11) is 0. The average molecular weight is 303 g/mol. The van der Waals surface area contributed by atoms with Crippen LogP contribution in [0.3, 0.4) is 0 Å². The number of aryl methyl sites for hydroxylation is 1. The molecule has 0 spiro atoms. The van der Waals surface area contributed by atoms with Crippen LogP contribution in [0.25, 0.3) is 0 Å². The molecule has 4 heteroatoms. The Morgan fingerprint density at radius 2 is 2.09 bits per heavy atom. The molecule has 1 amide bonds. The van der Waals surface area contributed by atoms with Gasteiger partial charge in [-0.1, -0.05) is 43.2 Å². The van der Waals surface area contributed by atoms with Gasteiger partial charge in [0.2, 0.25) is 5.91 Å². The topological polar surface area (TPSA) is 66.4 Å². The Morgan fingerprint density at radius 3 is 2.59 bits per heavy atom. The number of benzene rings is 1. The fourth-order valence-electron chi connectivity index (χ4n) is 3.12. The molecule has 0 aromatic heterocycles. The van der Waals surface area contributed by atoms with Crippen LogP contribution in [0.4, 0.5) is 0 Å². The highest BCUT2D eigenvalue weighted by Crippen LogP contribution is 2.43. The molecule has 120 valence electrons. The third-order valence-electron chi connectivity index (χ3n) is 4.89. The van der Waals surface area contributed by atoms with E-state index in [1.807, 2.05) is 38.1 Å². The molecule has 0 radical (unpaired) electrons. The summed E-state index contributed by atoms with van der Waals surface area (Å²) in [5, 5.41) is 12.3. The van der Waals surface area contributed by atoms with Gasteiger partial charge in [-0.25, -0.2) is 0 Å². The van der Waals surface area contributed by atoms with Crippen molar-refractivity contribution in [1.29, 1.82) is 0 Å². The number of carboxylic acids is 1. The minimum atomic E-state index is -0.860. The molecule has 1 aromatic carbocycles. The molecule has 1 atom stereocenters. The lowest BCUT2D eigenvalue weighted by Crippen LogP contribution is -2.47. The van der Waals surface area contributed by atoms with Gasteiger partial charge in [-0.3, -0.25) is 9.59 Å². The second-order valence-corrected chi connectivity index (χ2v) is 6.43. The van der Waals surface area contributed by atoms with Gasteiger partial charge in [0.05, 0.1) is 5.92 Å². The maximum atomic E-state index is 12.3. The average Bonchev–Trinajstić information content (AvgIpc) is 2.42. The summed E-state index contributed by atoms with van der Waals surface area (Å²) >= 11 is 0. The van der Waals surface area contributed by atoms with Crippen molar-refractivity contribution in [3.05, 3.63) is 35.4 Å². The summed E-state index contributed by atoms with van der Waals surface area (Å²) in [6, 6.07) is 7.85. The molecular formula is C18H25NO3. The van der Waals surface area contributed by atoms with Crippen molar-refractivity contribution in [2.75, 3.05) is 6.54 Å². The summed E-state index contributed by atoms with van der Waals surface area (Å²) in [5.41, 5.74) is 1.87. The van der Waals surface area contributed by atoms with Gasteiger partial charge in [0, 0.05) is 12.0 Å². The van der Waals surface area contributed by atoms with Gasteiger partial charge < -0.3 is 10.4 Å². The van der Waals surface area contributed by atoms with Gasteiger partial charge in [-0.05, 0) is 38.2 Å². The molecule has 2 rings (SSSR count). The standard InChI is InChI=1S/C18H25NO3/c1-3-18(8-5-9-18)17(22)19-12-15(16(20)21)11-14-7-4-6-13(2)10-14/h4,6-7,10,15H,3,5,8-9,11-12H2,1-2H3,(H,19,22)(H,20,21). The van der Waals surface area contributed by atoms with Crippen molar-refractivity contribution in [3.8, 4) is 0 Å². The monoisotopic (exact) mass is 303 g/mol. The first-order chi connectivity index (χ1) is 10.5. The smallest absolute Gasteiger partial charge is 0.308 e. The minimum Gasteiger partial charge on any atom is -0.481 e. The van der Waals surface area contributed by atoms with E-state index in [-0.39, 0.29) is 17.9 Å². The highest BCUT2D eigenvalue weighted by atomic mass is 16.4. The Morgan fingerprint density at radius 1 is 1.36 bits per heavy atom. The number of aliphatic carboxylic acids is 1. The zero-order valence-electron chi connectivity index (χ0n) is 13.4. The maximum absolute atomic E-state index is 12.3. The molecule has 1 saturated carbocycles. The third-order valence-corrected chi connectivity index (χ3v) is 4.89. The van der Waals surface area contributed by atoms with Crippen LogP contribution in [0, 0.1) is 18.3 Å². The fraction of sp³-hybridized carbons (Fsp3) is 0.556. The Balaban J connectivity index is 1.95.